The predicted molar refractivity (Wildman–Crippen MR) is 66.5 cm³/mol. The van der Waals surface area contributed by atoms with Gasteiger partial charge in [0.2, 0.25) is 0 Å². The Morgan fingerprint density at radius 1 is 1.44 bits per heavy atom. The van der Waals surface area contributed by atoms with Crippen molar-refractivity contribution in [3.8, 4) is 0 Å². The Bertz CT molecular complexity index is 344. The highest BCUT2D eigenvalue weighted by atomic mass is 16.3. The minimum atomic E-state index is -0.280. The number of hydrogen-bond donors (Lipinski definition) is 2. The van der Waals surface area contributed by atoms with Crippen LogP contribution in [0.25, 0.3) is 0 Å². The molecule has 2 nitrogen and oxygen atoms in total. The molecule has 1 aromatic rings. The topological polar surface area (TPSA) is 46.2 Å². The zero-order valence-electron chi connectivity index (χ0n) is 9.89. The highest BCUT2D eigenvalue weighted by Crippen LogP contribution is 2.40. The molecule has 1 aliphatic rings. The number of aliphatic hydroxyl groups is 1. The molecule has 0 amide bonds. The maximum Gasteiger partial charge on any atom is 0.0518 e. The Morgan fingerprint density at radius 3 is 2.75 bits per heavy atom. The first-order valence-electron chi connectivity index (χ1n) is 6.18. The monoisotopic (exact) mass is 219 g/mol. The molecule has 1 aliphatic carbocycles. The molecule has 2 atom stereocenters. The van der Waals surface area contributed by atoms with Crippen molar-refractivity contribution in [2.24, 2.45) is 5.73 Å². The van der Waals surface area contributed by atoms with Gasteiger partial charge >= 0.3 is 0 Å². The van der Waals surface area contributed by atoms with Crippen LogP contribution in [0.15, 0.2) is 24.3 Å². The molecule has 0 aromatic heterocycles. The molecular weight excluding hydrogens is 198 g/mol. The van der Waals surface area contributed by atoms with Crippen LogP contribution >= 0.6 is 0 Å². The first-order valence-corrected chi connectivity index (χ1v) is 6.18. The van der Waals surface area contributed by atoms with Crippen LogP contribution in [0, 0.1) is 0 Å². The van der Waals surface area contributed by atoms with Crippen molar-refractivity contribution in [2.45, 2.75) is 44.1 Å². The molecule has 0 bridgehead atoms. The van der Waals surface area contributed by atoms with E-state index in [1.165, 1.54) is 24.0 Å². The molecule has 2 rings (SSSR count). The van der Waals surface area contributed by atoms with Crippen LogP contribution < -0.4 is 5.73 Å². The van der Waals surface area contributed by atoms with E-state index in [1.807, 2.05) is 6.92 Å². The van der Waals surface area contributed by atoms with E-state index in [2.05, 4.69) is 24.3 Å². The molecule has 88 valence electrons. The summed E-state index contributed by atoms with van der Waals surface area (Å²) >= 11 is 0. The average molecular weight is 219 g/mol. The molecule has 0 spiro atoms. The molecule has 2 unspecified atom stereocenters. The summed E-state index contributed by atoms with van der Waals surface area (Å²) in [4.78, 5) is 0. The van der Waals surface area contributed by atoms with Gasteiger partial charge in [0.05, 0.1) is 6.10 Å². The summed E-state index contributed by atoms with van der Waals surface area (Å²) in [6.45, 7) is 2.44. The Morgan fingerprint density at radius 2 is 2.19 bits per heavy atom. The smallest absolute Gasteiger partial charge is 0.0518 e. The van der Waals surface area contributed by atoms with Crippen molar-refractivity contribution < 1.29 is 5.11 Å². The second-order valence-corrected chi connectivity index (χ2v) is 4.96. The fourth-order valence-corrected chi connectivity index (χ4v) is 2.26. The van der Waals surface area contributed by atoms with Gasteiger partial charge in [0, 0.05) is 0 Å². The molecular formula is C14H21NO. The molecule has 0 aliphatic heterocycles. The fraction of sp³-hybridized carbons (Fsp3) is 0.571. The van der Waals surface area contributed by atoms with Crippen molar-refractivity contribution in [2.75, 3.05) is 6.54 Å². The summed E-state index contributed by atoms with van der Waals surface area (Å²) in [6.07, 6.45) is 3.13. The minimum absolute atomic E-state index is 0.280. The zero-order chi connectivity index (χ0) is 11.5. The molecule has 0 radical (unpaired) electrons. The first-order chi connectivity index (χ1) is 7.70. The van der Waals surface area contributed by atoms with Crippen LogP contribution in [-0.4, -0.2) is 17.8 Å². The maximum atomic E-state index is 9.45. The van der Waals surface area contributed by atoms with Crippen molar-refractivity contribution in [1.82, 2.24) is 0 Å². The van der Waals surface area contributed by atoms with Gasteiger partial charge in [0.1, 0.15) is 0 Å². The standard InChI is InChI=1S/C14H21NO/c1-10(16)7-14(9-15)13-4-2-3-12(8-13)11-5-6-11/h2-4,8,10-11,14,16H,5-7,9,15H2,1H3. The summed E-state index contributed by atoms with van der Waals surface area (Å²) in [5, 5.41) is 9.45. The number of nitrogens with two attached hydrogens (primary N) is 1. The summed E-state index contributed by atoms with van der Waals surface area (Å²) in [7, 11) is 0. The third kappa shape index (κ3) is 2.83. The summed E-state index contributed by atoms with van der Waals surface area (Å²) < 4.78 is 0. The fourth-order valence-electron chi connectivity index (χ4n) is 2.26. The number of aliphatic hydroxyl groups excluding tert-OH is 1. The van der Waals surface area contributed by atoms with Gasteiger partial charge in [-0.05, 0) is 55.7 Å². The van der Waals surface area contributed by atoms with E-state index < -0.39 is 0 Å². The van der Waals surface area contributed by atoms with Gasteiger partial charge in [-0.15, -0.1) is 0 Å². The Labute approximate surface area is 97.5 Å². The molecule has 16 heavy (non-hydrogen) atoms. The molecule has 0 heterocycles. The highest BCUT2D eigenvalue weighted by molar-refractivity contribution is 5.31. The second-order valence-electron chi connectivity index (χ2n) is 4.96. The Kier molecular flexibility index (Phi) is 3.62. The van der Waals surface area contributed by atoms with Gasteiger partial charge in [0.25, 0.3) is 0 Å². The van der Waals surface area contributed by atoms with Gasteiger partial charge in [-0.25, -0.2) is 0 Å². The van der Waals surface area contributed by atoms with Gasteiger partial charge in [-0.3, -0.25) is 0 Å². The van der Waals surface area contributed by atoms with E-state index >= 15 is 0 Å². The van der Waals surface area contributed by atoms with E-state index in [0.717, 1.165) is 12.3 Å². The molecule has 1 fully saturated rings. The van der Waals surface area contributed by atoms with E-state index in [9.17, 15) is 5.11 Å². The lowest BCUT2D eigenvalue weighted by atomic mass is 9.92. The van der Waals surface area contributed by atoms with Gasteiger partial charge in [-0.1, -0.05) is 24.3 Å². The first kappa shape index (κ1) is 11.6. The third-order valence-electron chi connectivity index (χ3n) is 3.34. The molecule has 3 N–H and O–H groups in total. The van der Waals surface area contributed by atoms with E-state index in [1.54, 1.807) is 0 Å². The minimum Gasteiger partial charge on any atom is -0.393 e. The SMILES string of the molecule is CC(O)CC(CN)c1cccc(C2CC2)c1. The van der Waals surface area contributed by atoms with Crippen molar-refractivity contribution in [3.05, 3.63) is 35.4 Å². The highest BCUT2D eigenvalue weighted by Gasteiger charge is 2.24. The van der Waals surface area contributed by atoms with Gasteiger partial charge < -0.3 is 10.8 Å². The van der Waals surface area contributed by atoms with E-state index in [-0.39, 0.29) is 6.10 Å². The molecule has 2 heteroatoms. The van der Waals surface area contributed by atoms with Crippen LogP contribution in [0.5, 0.6) is 0 Å². The third-order valence-corrected chi connectivity index (χ3v) is 3.34. The molecule has 1 aromatic carbocycles. The van der Waals surface area contributed by atoms with Crippen molar-refractivity contribution in [1.29, 1.82) is 0 Å². The summed E-state index contributed by atoms with van der Waals surface area (Å²) in [5.41, 5.74) is 8.51. The largest absolute Gasteiger partial charge is 0.393 e. The van der Waals surface area contributed by atoms with Crippen LogP contribution in [0.3, 0.4) is 0 Å². The van der Waals surface area contributed by atoms with Crippen LogP contribution in [-0.2, 0) is 0 Å². The number of hydrogen-bond acceptors (Lipinski definition) is 2. The van der Waals surface area contributed by atoms with Crippen molar-refractivity contribution in [3.63, 3.8) is 0 Å². The number of rotatable bonds is 5. The Balaban J connectivity index is 2.13. The van der Waals surface area contributed by atoms with E-state index in [4.69, 9.17) is 5.73 Å². The van der Waals surface area contributed by atoms with Crippen LogP contribution in [0.4, 0.5) is 0 Å². The van der Waals surface area contributed by atoms with Crippen LogP contribution in [0.2, 0.25) is 0 Å². The second kappa shape index (κ2) is 4.98. The lowest BCUT2D eigenvalue weighted by molar-refractivity contribution is 0.175. The maximum absolute atomic E-state index is 9.45. The predicted octanol–water partition coefficient (Wildman–Crippen LogP) is 2.38. The average Bonchev–Trinajstić information content (AvgIpc) is 3.09. The van der Waals surface area contributed by atoms with Gasteiger partial charge in [0.15, 0.2) is 0 Å². The van der Waals surface area contributed by atoms with E-state index in [0.29, 0.717) is 12.5 Å². The van der Waals surface area contributed by atoms with Crippen LogP contribution in [0.1, 0.15) is 49.1 Å². The molecule has 0 saturated heterocycles. The normalized spacial score (nSPS) is 19.4. The lowest BCUT2D eigenvalue weighted by Crippen LogP contribution is -2.17. The summed E-state index contributed by atoms with van der Waals surface area (Å²) in [6, 6.07) is 8.73. The quantitative estimate of drug-likeness (QED) is 0.798. The lowest BCUT2D eigenvalue weighted by Gasteiger charge is -2.17. The zero-order valence-corrected chi connectivity index (χ0v) is 9.89. The molecule has 1 saturated carbocycles. The summed E-state index contributed by atoms with van der Waals surface area (Å²) in [5.74, 6) is 1.07. The van der Waals surface area contributed by atoms with Crippen molar-refractivity contribution >= 4 is 0 Å². The number of benzene rings is 1. The van der Waals surface area contributed by atoms with Gasteiger partial charge in [-0.2, -0.15) is 0 Å². The Hall–Kier alpha value is -0.860.